The third-order valence-electron chi connectivity index (χ3n) is 9.94. The fraction of sp³-hybridized carbons (Fsp3) is 0.146. The van der Waals surface area contributed by atoms with Crippen molar-refractivity contribution in [1.82, 2.24) is 0 Å². The van der Waals surface area contributed by atoms with E-state index in [4.69, 9.17) is 9.31 Å². The predicted octanol–water partition coefficient (Wildman–Crippen LogP) is 9.83. The number of carbonyl (C=O) groups excluding carboxylic acids is 1. The molecule has 0 aromatic heterocycles. The summed E-state index contributed by atoms with van der Waals surface area (Å²) in [6.07, 6.45) is 0.876. The van der Waals surface area contributed by atoms with E-state index >= 15 is 0 Å². The van der Waals surface area contributed by atoms with Crippen LogP contribution in [0.3, 0.4) is 0 Å². The van der Waals surface area contributed by atoms with Crippen LogP contribution in [0, 0.1) is 0 Å². The van der Waals surface area contributed by atoms with Gasteiger partial charge in [-0.25, -0.2) is 0 Å². The van der Waals surface area contributed by atoms with Gasteiger partial charge < -0.3 is 14.2 Å². The van der Waals surface area contributed by atoms with Crippen molar-refractivity contribution < 1.29 is 14.1 Å². The maximum atomic E-state index is 11.3. The molecular weight excluding hydrogens is 565 g/mol. The zero-order valence-corrected chi connectivity index (χ0v) is 26.5. The normalized spacial score (nSPS) is 15.6. The zero-order valence-electron chi connectivity index (χ0n) is 26.5. The molecule has 5 heteroatoms. The summed E-state index contributed by atoms with van der Waals surface area (Å²) in [7, 11) is -0.427. The summed E-state index contributed by atoms with van der Waals surface area (Å²) in [5.74, 6) is 0. The van der Waals surface area contributed by atoms with Crippen LogP contribution in [0.25, 0.3) is 43.4 Å². The predicted molar refractivity (Wildman–Crippen MR) is 191 cm³/mol. The van der Waals surface area contributed by atoms with Gasteiger partial charge in [-0.2, -0.15) is 0 Å². The molecule has 0 N–H and O–H groups in total. The van der Waals surface area contributed by atoms with Crippen LogP contribution in [-0.2, 0) is 9.31 Å². The highest BCUT2D eigenvalue weighted by Crippen LogP contribution is 2.42. The molecular formula is C41H34BNO3. The Bertz CT molecular complexity index is 2210. The van der Waals surface area contributed by atoms with E-state index in [0.717, 1.165) is 34.4 Å². The molecule has 8 rings (SSSR count). The Hall–Kier alpha value is -4.97. The van der Waals surface area contributed by atoms with Crippen molar-refractivity contribution in [3.05, 3.63) is 133 Å². The second-order valence-corrected chi connectivity index (χ2v) is 13.2. The summed E-state index contributed by atoms with van der Waals surface area (Å²) in [4.78, 5) is 13.5. The zero-order chi connectivity index (χ0) is 31.6. The van der Waals surface area contributed by atoms with Gasteiger partial charge in [0.25, 0.3) is 0 Å². The SMILES string of the molecule is CC1(C)OB(c2ccc3ccc4c(-c5ccc(N(c6ccccc6)c6ccc(C=O)cc6)cc5)ccc5ccc2c3c54)OC1(C)C. The number of nitrogens with zero attached hydrogens (tertiary/aromatic N) is 1. The summed E-state index contributed by atoms with van der Waals surface area (Å²) in [6.45, 7) is 8.40. The summed E-state index contributed by atoms with van der Waals surface area (Å²) in [5.41, 5.74) is 6.33. The second kappa shape index (κ2) is 10.6. The number of benzene rings is 7. The monoisotopic (exact) mass is 599 g/mol. The van der Waals surface area contributed by atoms with Crippen LogP contribution >= 0.6 is 0 Å². The first kappa shape index (κ1) is 28.5. The molecule has 0 saturated carbocycles. The Morgan fingerprint density at radius 2 is 1.09 bits per heavy atom. The van der Waals surface area contributed by atoms with Gasteiger partial charge in [0, 0.05) is 22.6 Å². The molecule has 0 radical (unpaired) electrons. The molecule has 4 nitrogen and oxygen atoms in total. The fourth-order valence-corrected chi connectivity index (χ4v) is 6.77. The number of anilines is 3. The van der Waals surface area contributed by atoms with Crippen LogP contribution in [0.4, 0.5) is 17.1 Å². The summed E-state index contributed by atoms with van der Waals surface area (Å²) in [5, 5.41) is 7.32. The number of hydrogen-bond donors (Lipinski definition) is 0. The van der Waals surface area contributed by atoms with Crippen molar-refractivity contribution in [2.24, 2.45) is 0 Å². The van der Waals surface area contributed by atoms with E-state index in [9.17, 15) is 4.79 Å². The van der Waals surface area contributed by atoms with Crippen molar-refractivity contribution in [3.8, 4) is 11.1 Å². The lowest BCUT2D eigenvalue weighted by molar-refractivity contribution is 0.00578. The molecule has 0 aliphatic carbocycles. The van der Waals surface area contributed by atoms with Crippen LogP contribution in [-0.4, -0.2) is 24.6 Å². The maximum absolute atomic E-state index is 11.3. The molecule has 224 valence electrons. The number of aldehydes is 1. The van der Waals surface area contributed by atoms with Crippen LogP contribution < -0.4 is 10.4 Å². The topological polar surface area (TPSA) is 38.8 Å². The van der Waals surface area contributed by atoms with E-state index < -0.39 is 18.3 Å². The molecule has 1 aliphatic rings. The van der Waals surface area contributed by atoms with E-state index in [1.165, 1.54) is 37.9 Å². The van der Waals surface area contributed by atoms with Crippen molar-refractivity contribution in [2.45, 2.75) is 38.9 Å². The molecule has 0 bridgehead atoms. The van der Waals surface area contributed by atoms with Crippen molar-refractivity contribution in [1.29, 1.82) is 0 Å². The summed E-state index contributed by atoms with van der Waals surface area (Å²) < 4.78 is 13.0. The molecule has 0 atom stereocenters. The third kappa shape index (κ3) is 4.50. The van der Waals surface area contributed by atoms with Gasteiger partial charge in [-0.05, 0) is 125 Å². The quantitative estimate of drug-likeness (QED) is 0.108. The Morgan fingerprint density at radius 3 is 1.72 bits per heavy atom. The van der Waals surface area contributed by atoms with Gasteiger partial charge in [-0.3, -0.25) is 4.79 Å². The van der Waals surface area contributed by atoms with E-state index in [-0.39, 0.29) is 0 Å². The highest BCUT2D eigenvalue weighted by molar-refractivity contribution is 6.65. The highest BCUT2D eigenvalue weighted by atomic mass is 16.7. The number of carbonyl (C=O) groups is 1. The fourth-order valence-electron chi connectivity index (χ4n) is 6.77. The Balaban J connectivity index is 1.23. The lowest BCUT2D eigenvalue weighted by atomic mass is 9.74. The van der Waals surface area contributed by atoms with Crippen LogP contribution in [0.15, 0.2) is 127 Å². The molecule has 7 aromatic carbocycles. The number of para-hydroxylation sites is 1. The number of hydrogen-bond acceptors (Lipinski definition) is 4. The number of rotatable bonds is 6. The van der Waals surface area contributed by atoms with Crippen LogP contribution in [0.5, 0.6) is 0 Å². The molecule has 46 heavy (non-hydrogen) atoms. The van der Waals surface area contributed by atoms with Gasteiger partial charge in [0.05, 0.1) is 11.2 Å². The minimum atomic E-state index is -0.427. The molecule has 7 aromatic rings. The van der Waals surface area contributed by atoms with E-state index in [0.29, 0.717) is 5.56 Å². The molecule has 1 heterocycles. The van der Waals surface area contributed by atoms with Crippen LogP contribution in [0.1, 0.15) is 38.1 Å². The second-order valence-electron chi connectivity index (χ2n) is 13.2. The first-order valence-electron chi connectivity index (χ1n) is 15.8. The van der Waals surface area contributed by atoms with E-state index in [1.54, 1.807) is 0 Å². The van der Waals surface area contributed by atoms with Gasteiger partial charge in [-0.1, -0.05) is 78.9 Å². The Kier molecular flexibility index (Phi) is 6.54. The van der Waals surface area contributed by atoms with Crippen molar-refractivity contribution in [3.63, 3.8) is 0 Å². The molecule has 1 saturated heterocycles. The Labute approximate surface area is 269 Å². The lowest BCUT2D eigenvalue weighted by Crippen LogP contribution is -2.41. The van der Waals surface area contributed by atoms with Gasteiger partial charge in [0.15, 0.2) is 0 Å². The minimum absolute atomic E-state index is 0.407. The summed E-state index contributed by atoms with van der Waals surface area (Å²) >= 11 is 0. The van der Waals surface area contributed by atoms with Gasteiger partial charge in [0.1, 0.15) is 6.29 Å². The largest absolute Gasteiger partial charge is 0.495 e. The molecule has 1 aliphatic heterocycles. The Morgan fingerprint density at radius 1 is 0.565 bits per heavy atom. The van der Waals surface area contributed by atoms with E-state index in [1.807, 2.05) is 42.5 Å². The van der Waals surface area contributed by atoms with Crippen molar-refractivity contribution >= 4 is 68.2 Å². The first-order chi connectivity index (χ1) is 22.2. The average Bonchev–Trinajstić information content (AvgIpc) is 3.30. The molecule has 1 fully saturated rings. The molecule has 0 spiro atoms. The smallest absolute Gasteiger partial charge is 0.399 e. The van der Waals surface area contributed by atoms with Gasteiger partial charge >= 0.3 is 7.12 Å². The standard InChI is InChI=1S/C41H34BNO3/c1-40(2)41(3,4)46-42(45-40)37-25-17-30-15-23-35-34(22-14-29-16-24-36(37)39(30)38(29)35)28-12-20-33(21-13-28)43(31-8-6-5-7-9-31)32-18-10-27(26-44)11-19-32/h5-26H,1-4H3. The molecule has 0 unspecified atom stereocenters. The first-order valence-corrected chi connectivity index (χ1v) is 15.8. The van der Waals surface area contributed by atoms with E-state index in [2.05, 4.69) is 118 Å². The minimum Gasteiger partial charge on any atom is -0.399 e. The average molecular weight is 600 g/mol. The van der Waals surface area contributed by atoms with Gasteiger partial charge in [0.2, 0.25) is 0 Å². The maximum Gasteiger partial charge on any atom is 0.495 e. The van der Waals surface area contributed by atoms with Crippen molar-refractivity contribution in [2.75, 3.05) is 4.90 Å². The summed E-state index contributed by atoms with van der Waals surface area (Å²) in [6, 6.07) is 44.5. The highest BCUT2D eigenvalue weighted by Gasteiger charge is 2.52. The lowest BCUT2D eigenvalue weighted by Gasteiger charge is -2.32. The third-order valence-corrected chi connectivity index (χ3v) is 9.94. The molecule has 0 amide bonds. The van der Waals surface area contributed by atoms with Crippen LogP contribution in [0.2, 0.25) is 0 Å². The van der Waals surface area contributed by atoms with Gasteiger partial charge in [-0.15, -0.1) is 0 Å².